The van der Waals surface area contributed by atoms with Crippen LogP contribution in [0.2, 0.25) is 5.02 Å². The number of hydrogen-bond acceptors (Lipinski definition) is 4. The number of rotatable bonds is 4. The van der Waals surface area contributed by atoms with Crippen molar-refractivity contribution in [2.75, 3.05) is 37.6 Å². The summed E-state index contributed by atoms with van der Waals surface area (Å²) in [5.74, 6) is 1.01. The quantitative estimate of drug-likeness (QED) is 0.935. The summed E-state index contributed by atoms with van der Waals surface area (Å²) in [5.41, 5.74) is 0.802. The van der Waals surface area contributed by atoms with Gasteiger partial charge in [-0.15, -0.1) is 0 Å². The Bertz CT molecular complexity index is 622. The summed E-state index contributed by atoms with van der Waals surface area (Å²) in [4.78, 5) is 8.94. The van der Waals surface area contributed by atoms with Crippen LogP contribution in [0.25, 0.3) is 0 Å². The largest absolute Gasteiger partial charge is 0.387 e. The molecule has 0 aliphatic carbocycles. The number of halogens is 1. The first-order valence-electron chi connectivity index (χ1n) is 7.52. The Morgan fingerprint density at radius 3 is 2.59 bits per heavy atom. The summed E-state index contributed by atoms with van der Waals surface area (Å²) in [6.07, 6.45) is 3.24. The third-order valence-corrected chi connectivity index (χ3v) is 4.49. The second-order valence-electron chi connectivity index (χ2n) is 5.66. The predicted octanol–water partition coefficient (Wildman–Crippen LogP) is 1.93. The lowest BCUT2D eigenvalue weighted by Crippen LogP contribution is -2.48. The highest BCUT2D eigenvalue weighted by Gasteiger charge is 2.22. The zero-order chi connectivity index (χ0) is 15.5. The van der Waals surface area contributed by atoms with Crippen molar-refractivity contribution in [3.63, 3.8) is 0 Å². The van der Waals surface area contributed by atoms with Gasteiger partial charge in [0.1, 0.15) is 0 Å². The number of aliphatic hydroxyl groups is 1. The van der Waals surface area contributed by atoms with Crippen molar-refractivity contribution in [1.82, 2.24) is 14.5 Å². The normalized spacial score (nSPS) is 17.7. The molecule has 1 atom stereocenters. The summed E-state index contributed by atoms with van der Waals surface area (Å²) in [6.45, 7) is 4.26. The minimum absolute atomic E-state index is 0.548. The second kappa shape index (κ2) is 6.69. The van der Waals surface area contributed by atoms with Crippen LogP contribution in [0.5, 0.6) is 0 Å². The maximum absolute atomic E-state index is 10.4. The maximum atomic E-state index is 10.4. The van der Waals surface area contributed by atoms with Crippen molar-refractivity contribution in [1.29, 1.82) is 0 Å². The fourth-order valence-corrected chi connectivity index (χ4v) is 3.14. The van der Waals surface area contributed by atoms with Crippen molar-refractivity contribution in [3.8, 4) is 0 Å². The molecular formula is C16H21ClN4O. The van der Waals surface area contributed by atoms with E-state index in [1.165, 1.54) is 0 Å². The first-order valence-corrected chi connectivity index (χ1v) is 7.90. The lowest BCUT2D eigenvalue weighted by molar-refractivity contribution is 0.109. The molecule has 1 aliphatic rings. The van der Waals surface area contributed by atoms with Crippen LogP contribution in [0, 0.1) is 0 Å². The van der Waals surface area contributed by atoms with Crippen LogP contribution in [0.4, 0.5) is 5.95 Å². The molecule has 5 nitrogen and oxygen atoms in total. The van der Waals surface area contributed by atoms with Gasteiger partial charge in [-0.2, -0.15) is 0 Å². The fourth-order valence-electron chi connectivity index (χ4n) is 2.88. The highest BCUT2D eigenvalue weighted by atomic mass is 35.5. The minimum atomic E-state index is -0.548. The summed E-state index contributed by atoms with van der Waals surface area (Å²) in [5, 5.41) is 11.0. The molecule has 1 N–H and O–H groups in total. The van der Waals surface area contributed by atoms with E-state index in [-0.39, 0.29) is 0 Å². The van der Waals surface area contributed by atoms with E-state index in [1.54, 1.807) is 0 Å². The zero-order valence-electron chi connectivity index (χ0n) is 12.7. The zero-order valence-corrected chi connectivity index (χ0v) is 13.4. The molecule has 1 fully saturated rings. The number of benzene rings is 1. The van der Waals surface area contributed by atoms with Gasteiger partial charge in [0.2, 0.25) is 5.95 Å². The lowest BCUT2D eigenvalue weighted by Gasteiger charge is -2.36. The Morgan fingerprint density at radius 2 is 1.95 bits per heavy atom. The minimum Gasteiger partial charge on any atom is -0.387 e. The highest BCUT2D eigenvalue weighted by molar-refractivity contribution is 6.31. The number of anilines is 1. The molecule has 0 saturated carbocycles. The average molecular weight is 321 g/mol. The Kier molecular flexibility index (Phi) is 4.66. The van der Waals surface area contributed by atoms with Crippen LogP contribution >= 0.6 is 11.6 Å². The van der Waals surface area contributed by atoms with E-state index in [9.17, 15) is 5.11 Å². The Balaban J connectivity index is 1.56. The van der Waals surface area contributed by atoms with Gasteiger partial charge in [-0.1, -0.05) is 29.8 Å². The Morgan fingerprint density at radius 1 is 1.23 bits per heavy atom. The number of aromatic nitrogens is 2. The summed E-state index contributed by atoms with van der Waals surface area (Å²) in [6, 6.07) is 7.49. The molecule has 0 spiro atoms. The molecule has 0 unspecified atom stereocenters. The molecule has 1 aromatic carbocycles. The number of aryl methyl sites for hydroxylation is 1. The molecule has 3 rings (SSSR count). The first kappa shape index (κ1) is 15.3. The van der Waals surface area contributed by atoms with E-state index in [0.717, 1.165) is 37.7 Å². The molecule has 0 bridgehead atoms. The first-order chi connectivity index (χ1) is 10.6. The van der Waals surface area contributed by atoms with Gasteiger partial charge in [0.15, 0.2) is 0 Å². The number of aliphatic hydroxyl groups excluding tert-OH is 1. The maximum Gasteiger partial charge on any atom is 0.205 e. The van der Waals surface area contributed by atoms with Crippen molar-refractivity contribution >= 4 is 17.5 Å². The van der Waals surface area contributed by atoms with Gasteiger partial charge in [-0.3, -0.25) is 4.90 Å². The number of β-amino-alcohol motifs (C(OH)–C–C–N with tert-alkyl or cyclic N) is 1. The molecule has 1 aromatic heterocycles. The van der Waals surface area contributed by atoms with E-state index in [0.29, 0.717) is 11.6 Å². The molecule has 22 heavy (non-hydrogen) atoms. The van der Waals surface area contributed by atoms with Crippen molar-refractivity contribution in [2.45, 2.75) is 6.10 Å². The van der Waals surface area contributed by atoms with Crippen LogP contribution < -0.4 is 4.90 Å². The van der Waals surface area contributed by atoms with E-state index in [2.05, 4.69) is 14.8 Å². The summed E-state index contributed by atoms with van der Waals surface area (Å²) >= 11 is 6.15. The van der Waals surface area contributed by atoms with Crippen LogP contribution in [-0.2, 0) is 7.05 Å². The highest BCUT2D eigenvalue weighted by Crippen LogP contribution is 2.24. The van der Waals surface area contributed by atoms with Gasteiger partial charge in [0.25, 0.3) is 0 Å². The summed E-state index contributed by atoms with van der Waals surface area (Å²) < 4.78 is 2.04. The van der Waals surface area contributed by atoms with Gasteiger partial charge in [-0.05, 0) is 6.07 Å². The van der Waals surface area contributed by atoms with Gasteiger partial charge in [0, 0.05) is 62.8 Å². The number of piperazine rings is 1. The smallest absolute Gasteiger partial charge is 0.205 e. The summed E-state index contributed by atoms with van der Waals surface area (Å²) in [7, 11) is 2.01. The third kappa shape index (κ3) is 3.27. The van der Waals surface area contributed by atoms with Gasteiger partial charge >= 0.3 is 0 Å². The van der Waals surface area contributed by atoms with Gasteiger partial charge < -0.3 is 14.6 Å². The van der Waals surface area contributed by atoms with Gasteiger partial charge in [-0.25, -0.2) is 4.98 Å². The van der Waals surface area contributed by atoms with Crippen LogP contribution in [0.3, 0.4) is 0 Å². The third-order valence-electron chi connectivity index (χ3n) is 4.15. The predicted molar refractivity (Wildman–Crippen MR) is 88.3 cm³/mol. The van der Waals surface area contributed by atoms with Gasteiger partial charge in [0.05, 0.1) is 6.10 Å². The molecule has 1 aliphatic heterocycles. The Hall–Kier alpha value is -1.56. The van der Waals surface area contributed by atoms with E-state index in [1.807, 2.05) is 48.3 Å². The molecule has 2 heterocycles. The van der Waals surface area contributed by atoms with E-state index >= 15 is 0 Å². The van der Waals surface area contributed by atoms with Crippen molar-refractivity contribution in [2.24, 2.45) is 7.05 Å². The van der Waals surface area contributed by atoms with Crippen molar-refractivity contribution in [3.05, 3.63) is 47.2 Å². The molecule has 2 aromatic rings. The molecule has 1 saturated heterocycles. The van der Waals surface area contributed by atoms with Crippen LogP contribution in [0.15, 0.2) is 36.7 Å². The molecule has 0 radical (unpaired) electrons. The molecule has 6 heteroatoms. The Labute approximate surface area is 135 Å². The second-order valence-corrected chi connectivity index (χ2v) is 6.07. The van der Waals surface area contributed by atoms with E-state index < -0.39 is 6.10 Å². The fraction of sp³-hybridized carbons (Fsp3) is 0.438. The molecular weight excluding hydrogens is 300 g/mol. The lowest BCUT2D eigenvalue weighted by atomic mass is 10.1. The molecule has 0 amide bonds. The molecule has 118 valence electrons. The standard InChI is InChI=1S/C16H21ClN4O/c1-19-7-6-18-16(19)21-10-8-20(9-11-21)12-15(22)13-4-2-3-5-14(13)17/h2-7,15,22H,8-12H2,1H3/t15-/m0/s1. The van der Waals surface area contributed by atoms with E-state index in [4.69, 9.17) is 11.6 Å². The number of hydrogen-bond donors (Lipinski definition) is 1. The topological polar surface area (TPSA) is 44.5 Å². The average Bonchev–Trinajstić information content (AvgIpc) is 2.94. The number of imidazole rings is 1. The van der Waals surface area contributed by atoms with Crippen LogP contribution in [0.1, 0.15) is 11.7 Å². The van der Waals surface area contributed by atoms with Crippen molar-refractivity contribution < 1.29 is 5.11 Å². The SMILES string of the molecule is Cn1ccnc1N1CCN(C[C@H](O)c2ccccc2Cl)CC1. The monoisotopic (exact) mass is 320 g/mol. The van der Waals surface area contributed by atoms with Crippen LogP contribution in [-0.4, -0.2) is 52.3 Å². The number of nitrogens with zero attached hydrogens (tertiary/aromatic N) is 4.